The van der Waals surface area contributed by atoms with Crippen molar-refractivity contribution in [1.82, 2.24) is 10.2 Å². The van der Waals surface area contributed by atoms with Crippen LogP contribution in [0.2, 0.25) is 0 Å². The van der Waals surface area contributed by atoms with E-state index in [4.69, 9.17) is 0 Å². The Labute approximate surface area is 146 Å². The number of benzene rings is 1. The molecule has 3 rings (SSSR count). The molecule has 2 amide bonds. The molecule has 1 aliphatic carbocycles. The fraction of sp³-hybridized carbons (Fsp3) is 0.650. The summed E-state index contributed by atoms with van der Waals surface area (Å²) in [6.07, 6.45) is 6.63. The molecule has 0 spiro atoms. The van der Waals surface area contributed by atoms with E-state index in [1.165, 1.54) is 50.8 Å². The summed E-state index contributed by atoms with van der Waals surface area (Å²) in [7, 11) is 0. The summed E-state index contributed by atoms with van der Waals surface area (Å²) in [4.78, 5) is 14.6. The first-order valence-electron chi connectivity index (χ1n) is 9.34. The van der Waals surface area contributed by atoms with Gasteiger partial charge in [0.15, 0.2) is 0 Å². The van der Waals surface area contributed by atoms with E-state index in [2.05, 4.69) is 27.7 Å². The van der Waals surface area contributed by atoms with Crippen molar-refractivity contribution in [2.45, 2.75) is 70.4 Å². The fourth-order valence-electron chi connectivity index (χ4n) is 3.82. The highest BCUT2D eigenvalue weighted by Crippen LogP contribution is 2.36. The van der Waals surface area contributed by atoms with E-state index in [-0.39, 0.29) is 11.6 Å². The summed E-state index contributed by atoms with van der Waals surface area (Å²) in [6, 6.07) is 9.10. The maximum Gasteiger partial charge on any atom is 0.319 e. The number of carbonyl (C=O) groups is 1. The zero-order valence-electron chi connectivity index (χ0n) is 15.3. The van der Waals surface area contributed by atoms with Crippen LogP contribution in [0, 0.1) is 0 Å². The van der Waals surface area contributed by atoms with E-state index in [0.29, 0.717) is 5.92 Å². The van der Waals surface area contributed by atoms with Crippen molar-refractivity contribution in [2.24, 2.45) is 0 Å². The molecule has 0 aromatic heterocycles. The molecular weight excluding hydrogens is 298 g/mol. The van der Waals surface area contributed by atoms with Gasteiger partial charge < -0.3 is 15.5 Å². The Bertz CT molecular complexity index is 549. The lowest BCUT2D eigenvalue weighted by atomic mass is 9.80. The van der Waals surface area contributed by atoms with Gasteiger partial charge in [0.1, 0.15) is 0 Å². The number of rotatable bonds is 3. The van der Waals surface area contributed by atoms with E-state index in [9.17, 15) is 4.79 Å². The average Bonchev–Trinajstić information content (AvgIpc) is 2.45. The Balaban J connectivity index is 1.50. The largest absolute Gasteiger partial charge is 0.333 e. The maximum atomic E-state index is 11.9. The molecule has 2 fully saturated rings. The maximum absolute atomic E-state index is 11.9. The molecule has 1 saturated heterocycles. The Morgan fingerprint density at radius 2 is 1.67 bits per heavy atom. The van der Waals surface area contributed by atoms with Gasteiger partial charge in [-0.2, -0.15) is 0 Å². The van der Waals surface area contributed by atoms with Crippen LogP contribution < -0.4 is 10.6 Å². The van der Waals surface area contributed by atoms with E-state index in [0.717, 1.165) is 11.7 Å². The predicted molar refractivity (Wildman–Crippen MR) is 99.5 cm³/mol. The summed E-state index contributed by atoms with van der Waals surface area (Å²) >= 11 is 0. The molecular formula is C20H31N3O. The zero-order chi connectivity index (χ0) is 17.2. The predicted octanol–water partition coefficient (Wildman–Crippen LogP) is 4.34. The minimum absolute atomic E-state index is 0.148. The Morgan fingerprint density at radius 3 is 2.17 bits per heavy atom. The molecule has 24 heavy (non-hydrogen) atoms. The molecule has 132 valence electrons. The van der Waals surface area contributed by atoms with Crippen LogP contribution in [0.1, 0.15) is 64.4 Å². The lowest BCUT2D eigenvalue weighted by molar-refractivity contribution is 0.0869. The number of urea groups is 1. The molecule has 1 saturated carbocycles. The summed E-state index contributed by atoms with van der Waals surface area (Å²) in [5.74, 6) is 0.681. The van der Waals surface area contributed by atoms with Crippen LogP contribution >= 0.6 is 0 Å². The van der Waals surface area contributed by atoms with E-state index >= 15 is 0 Å². The first-order chi connectivity index (χ1) is 11.4. The van der Waals surface area contributed by atoms with Gasteiger partial charge in [-0.1, -0.05) is 12.1 Å². The third-order valence-corrected chi connectivity index (χ3v) is 5.23. The molecule has 0 unspecified atom stereocenters. The van der Waals surface area contributed by atoms with Crippen LogP contribution in [0.25, 0.3) is 0 Å². The van der Waals surface area contributed by atoms with Crippen LogP contribution in [0.3, 0.4) is 0 Å². The number of nitrogens with zero attached hydrogens (tertiary/aromatic N) is 1. The molecule has 0 bridgehead atoms. The standard InChI is InChI=1S/C20H31N3O/c1-20(2,3)22-19(24)21-17-9-5-15(6-10-17)16-7-11-18(12-8-16)23-13-4-14-23/h5-6,9-10,16,18H,4,7-8,11-14H2,1-3H3,(H2,21,22,24). The van der Waals surface area contributed by atoms with Crippen LogP contribution in [0.4, 0.5) is 10.5 Å². The molecule has 1 aliphatic heterocycles. The van der Waals surface area contributed by atoms with Gasteiger partial charge in [-0.05, 0) is 89.6 Å². The first-order valence-corrected chi connectivity index (χ1v) is 9.34. The van der Waals surface area contributed by atoms with Crippen LogP contribution in [0.5, 0.6) is 0 Å². The van der Waals surface area contributed by atoms with Gasteiger partial charge in [0, 0.05) is 17.3 Å². The van der Waals surface area contributed by atoms with Gasteiger partial charge in [-0.3, -0.25) is 0 Å². The van der Waals surface area contributed by atoms with E-state index in [1.54, 1.807) is 0 Å². The number of hydrogen-bond acceptors (Lipinski definition) is 2. The lowest BCUT2D eigenvalue weighted by Gasteiger charge is -2.42. The molecule has 4 nitrogen and oxygen atoms in total. The molecule has 1 aromatic rings. The second-order valence-corrected chi connectivity index (χ2v) is 8.35. The number of anilines is 1. The second-order valence-electron chi connectivity index (χ2n) is 8.35. The lowest BCUT2D eigenvalue weighted by Crippen LogP contribution is -2.46. The minimum Gasteiger partial charge on any atom is -0.333 e. The summed E-state index contributed by atoms with van der Waals surface area (Å²) in [6.45, 7) is 8.56. The first kappa shape index (κ1) is 17.3. The zero-order valence-corrected chi connectivity index (χ0v) is 15.3. The molecule has 0 radical (unpaired) electrons. The van der Waals surface area contributed by atoms with Gasteiger partial charge in [-0.25, -0.2) is 4.79 Å². The van der Waals surface area contributed by atoms with Crippen molar-refractivity contribution in [3.8, 4) is 0 Å². The molecule has 1 aromatic carbocycles. The number of amides is 2. The molecule has 4 heteroatoms. The van der Waals surface area contributed by atoms with Gasteiger partial charge in [0.05, 0.1) is 0 Å². The van der Waals surface area contributed by atoms with E-state index < -0.39 is 0 Å². The summed E-state index contributed by atoms with van der Waals surface area (Å²) in [5, 5.41) is 5.83. The van der Waals surface area contributed by atoms with Gasteiger partial charge in [0.2, 0.25) is 0 Å². The number of hydrogen-bond donors (Lipinski definition) is 2. The molecule has 1 heterocycles. The number of carbonyl (C=O) groups excluding carboxylic acids is 1. The van der Waals surface area contributed by atoms with Crippen LogP contribution in [-0.2, 0) is 0 Å². The Hall–Kier alpha value is -1.55. The van der Waals surface area contributed by atoms with Crippen LogP contribution in [-0.4, -0.2) is 35.6 Å². The van der Waals surface area contributed by atoms with Gasteiger partial charge in [-0.15, -0.1) is 0 Å². The average molecular weight is 329 g/mol. The molecule has 2 aliphatic rings. The monoisotopic (exact) mass is 329 g/mol. The van der Waals surface area contributed by atoms with E-state index in [1.807, 2.05) is 32.9 Å². The Kier molecular flexibility index (Phi) is 5.14. The minimum atomic E-state index is -0.223. The number of likely N-dealkylation sites (tertiary alicyclic amines) is 1. The van der Waals surface area contributed by atoms with Gasteiger partial charge in [0.25, 0.3) is 0 Å². The molecule has 0 atom stereocenters. The second kappa shape index (κ2) is 7.14. The van der Waals surface area contributed by atoms with Crippen molar-refractivity contribution < 1.29 is 4.79 Å². The molecule has 2 N–H and O–H groups in total. The number of nitrogens with one attached hydrogen (secondary N) is 2. The summed E-state index contributed by atoms with van der Waals surface area (Å²) < 4.78 is 0. The normalized spacial score (nSPS) is 25.0. The summed E-state index contributed by atoms with van der Waals surface area (Å²) in [5.41, 5.74) is 2.05. The van der Waals surface area contributed by atoms with Crippen molar-refractivity contribution in [1.29, 1.82) is 0 Å². The topological polar surface area (TPSA) is 44.4 Å². The fourth-order valence-corrected chi connectivity index (χ4v) is 3.82. The highest BCUT2D eigenvalue weighted by molar-refractivity contribution is 5.89. The van der Waals surface area contributed by atoms with Crippen molar-refractivity contribution >= 4 is 11.7 Å². The Morgan fingerprint density at radius 1 is 1.04 bits per heavy atom. The third-order valence-electron chi connectivity index (χ3n) is 5.23. The smallest absolute Gasteiger partial charge is 0.319 e. The highest BCUT2D eigenvalue weighted by atomic mass is 16.2. The van der Waals surface area contributed by atoms with Crippen LogP contribution in [0.15, 0.2) is 24.3 Å². The third kappa shape index (κ3) is 4.50. The SMILES string of the molecule is CC(C)(C)NC(=O)Nc1ccc(C2CCC(N3CCC3)CC2)cc1. The van der Waals surface area contributed by atoms with Crippen molar-refractivity contribution in [2.75, 3.05) is 18.4 Å². The van der Waals surface area contributed by atoms with Crippen molar-refractivity contribution in [3.63, 3.8) is 0 Å². The van der Waals surface area contributed by atoms with Crippen molar-refractivity contribution in [3.05, 3.63) is 29.8 Å². The quantitative estimate of drug-likeness (QED) is 0.866. The highest BCUT2D eigenvalue weighted by Gasteiger charge is 2.29. The van der Waals surface area contributed by atoms with Gasteiger partial charge >= 0.3 is 6.03 Å².